The maximum Gasteiger partial charge on any atom is 0.126 e. The van der Waals surface area contributed by atoms with Gasteiger partial charge in [-0.1, -0.05) is 48.5 Å². The van der Waals surface area contributed by atoms with Gasteiger partial charge >= 0.3 is 0 Å². The number of benzene rings is 2. The van der Waals surface area contributed by atoms with E-state index in [-0.39, 0.29) is 0 Å². The van der Waals surface area contributed by atoms with Crippen molar-refractivity contribution in [3.8, 4) is 0 Å². The van der Waals surface area contributed by atoms with Crippen molar-refractivity contribution in [1.29, 1.82) is 0 Å². The van der Waals surface area contributed by atoms with E-state index in [1.165, 1.54) is 16.3 Å². The van der Waals surface area contributed by atoms with E-state index in [1.807, 2.05) is 18.3 Å². The average molecular weight is 287 g/mol. The lowest BCUT2D eigenvalue weighted by molar-refractivity contribution is 1.01. The van der Waals surface area contributed by atoms with Crippen LogP contribution in [0.3, 0.4) is 0 Å². The number of nitrogens with one attached hydrogen (secondary N) is 2. The van der Waals surface area contributed by atoms with E-state index in [2.05, 4.69) is 63.8 Å². The number of nitrogens with zero attached hydrogens (tertiary/aromatic N) is 1. The minimum Gasteiger partial charge on any atom is -0.370 e. The van der Waals surface area contributed by atoms with Crippen LogP contribution in [0.1, 0.15) is 5.56 Å². The topological polar surface area (TPSA) is 40.7 Å². The van der Waals surface area contributed by atoms with E-state index < -0.39 is 0 Å². The molecule has 0 fully saturated rings. The first-order valence-electron chi connectivity index (χ1n) is 7.54. The van der Waals surface area contributed by atoms with Crippen molar-refractivity contribution in [2.45, 2.75) is 6.42 Å². The number of aromatic nitrogens is 2. The van der Waals surface area contributed by atoms with Gasteiger partial charge < -0.3 is 10.3 Å². The summed E-state index contributed by atoms with van der Waals surface area (Å²) >= 11 is 0. The van der Waals surface area contributed by atoms with E-state index in [9.17, 15) is 0 Å². The van der Waals surface area contributed by atoms with Gasteiger partial charge in [-0.25, -0.2) is 4.98 Å². The molecule has 0 amide bonds. The molecular weight excluding hydrogens is 270 g/mol. The molecule has 0 saturated heterocycles. The van der Waals surface area contributed by atoms with Crippen LogP contribution < -0.4 is 5.32 Å². The van der Waals surface area contributed by atoms with E-state index >= 15 is 0 Å². The Kier molecular flexibility index (Phi) is 3.24. The van der Waals surface area contributed by atoms with Crippen molar-refractivity contribution in [3.05, 3.63) is 72.4 Å². The SMILES string of the molecule is c1ccc(CCNc2cc3c(cn2)[nH]c2ccccc23)cc1. The van der Waals surface area contributed by atoms with Crippen LogP contribution in [0.4, 0.5) is 5.82 Å². The van der Waals surface area contributed by atoms with Crippen LogP contribution in [0.2, 0.25) is 0 Å². The summed E-state index contributed by atoms with van der Waals surface area (Å²) in [5.41, 5.74) is 3.57. The number of H-pyrrole nitrogens is 1. The molecule has 0 unspecified atom stereocenters. The molecule has 2 aromatic carbocycles. The molecule has 4 aromatic rings. The number of aromatic amines is 1. The predicted octanol–water partition coefficient (Wildman–Crippen LogP) is 4.37. The number of pyridine rings is 1. The Morgan fingerprint density at radius 1 is 0.864 bits per heavy atom. The molecule has 0 radical (unpaired) electrons. The lowest BCUT2D eigenvalue weighted by Gasteiger charge is -2.05. The van der Waals surface area contributed by atoms with Gasteiger partial charge in [0.05, 0.1) is 11.7 Å². The molecule has 0 saturated carbocycles. The molecule has 3 heteroatoms. The van der Waals surface area contributed by atoms with Crippen molar-refractivity contribution in [3.63, 3.8) is 0 Å². The Morgan fingerprint density at radius 2 is 1.68 bits per heavy atom. The van der Waals surface area contributed by atoms with Crippen molar-refractivity contribution in [2.75, 3.05) is 11.9 Å². The third-order valence-corrected chi connectivity index (χ3v) is 3.95. The molecule has 0 atom stereocenters. The summed E-state index contributed by atoms with van der Waals surface area (Å²) in [5.74, 6) is 0.924. The Hall–Kier alpha value is -2.81. The molecule has 2 aromatic heterocycles. The van der Waals surface area contributed by atoms with Crippen LogP contribution in [0.5, 0.6) is 0 Å². The molecule has 0 aliphatic carbocycles. The van der Waals surface area contributed by atoms with Gasteiger partial charge in [0, 0.05) is 22.8 Å². The molecule has 0 aliphatic heterocycles. The lowest BCUT2D eigenvalue weighted by atomic mass is 10.1. The maximum absolute atomic E-state index is 4.49. The van der Waals surface area contributed by atoms with Crippen molar-refractivity contribution >= 4 is 27.6 Å². The number of rotatable bonds is 4. The van der Waals surface area contributed by atoms with Gasteiger partial charge in [-0.15, -0.1) is 0 Å². The zero-order valence-electron chi connectivity index (χ0n) is 12.2. The van der Waals surface area contributed by atoms with E-state index in [1.54, 1.807) is 0 Å². The second-order valence-corrected chi connectivity index (χ2v) is 5.45. The van der Waals surface area contributed by atoms with Crippen LogP contribution >= 0.6 is 0 Å². The molecule has 2 N–H and O–H groups in total. The highest BCUT2D eigenvalue weighted by Gasteiger charge is 2.05. The van der Waals surface area contributed by atoms with Crippen LogP contribution in [-0.4, -0.2) is 16.5 Å². The molecular formula is C19H17N3. The van der Waals surface area contributed by atoms with Gasteiger partial charge in [-0.3, -0.25) is 0 Å². The van der Waals surface area contributed by atoms with Crippen molar-refractivity contribution in [1.82, 2.24) is 9.97 Å². The Labute approximate surface area is 129 Å². The van der Waals surface area contributed by atoms with Crippen LogP contribution in [-0.2, 0) is 6.42 Å². The highest BCUT2D eigenvalue weighted by atomic mass is 15.0. The number of hydrogen-bond donors (Lipinski definition) is 2. The highest BCUT2D eigenvalue weighted by Crippen LogP contribution is 2.26. The molecule has 3 nitrogen and oxygen atoms in total. The molecule has 0 spiro atoms. The zero-order chi connectivity index (χ0) is 14.8. The first kappa shape index (κ1) is 12.9. The summed E-state index contributed by atoms with van der Waals surface area (Å²) in [7, 11) is 0. The second kappa shape index (κ2) is 5.53. The third-order valence-electron chi connectivity index (χ3n) is 3.95. The van der Waals surface area contributed by atoms with Crippen molar-refractivity contribution < 1.29 is 0 Å². The third kappa shape index (κ3) is 2.42. The Morgan fingerprint density at radius 3 is 2.59 bits per heavy atom. The standard InChI is InChI=1S/C19H17N3/c1-2-6-14(7-3-1)10-11-20-19-12-16-15-8-4-5-9-17(15)22-18(16)13-21-19/h1-9,12-13,22H,10-11H2,(H,20,21). The van der Waals surface area contributed by atoms with Gasteiger partial charge in [-0.2, -0.15) is 0 Å². The fourth-order valence-electron chi connectivity index (χ4n) is 2.83. The number of anilines is 1. The number of hydrogen-bond acceptors (Lipinski definition) is 2. The summed E-state index contributed by atoms with van der Waals surface area (Å²) in [6, 6.07) is 21.0. The quantitative estimate of drug-likeness (QED) is 0.585. The monoisotopic (exact) mass is 287 g/mol. The average Bonchev–Trinajstić information content (AvgIpc) is 2.94. The fourth-order valence-corrected chi connectivity index (χ4v) is 2.83. The van der Waals surface area contributed by atoms with Gasteiger partial charge in [0.25, 0.3) is 0 Å². The van der Waals surface area contributed by atoms with E-state index in [0.29, 0.717) is 0 Å². The van der Waals surface area contributed by atoms with Crippen molar-refractivity contribution in [2.24, 2.45) is 0 Å². The Bertz CT molecular complexity index is 910. The molecule has 0 bridgehead atoms. The summed E-state index contributed by atoms with van der Waals surface area (Å²) in [6.07, 6.45) is 2.90. The number of fused-ring (bicyclic) bond motifs is 3. The summed E-state index contributed by atoms with van der Waals surface area (Å²) in [5, 5.41) is 5.87. The first-order valence-corrected chi connectivity index (χ1v) is 7.54. The highest BCUT2D eigenvalue weighted by molar-refractivity contribution is 6.07. The molecule has 4 rings (SSSR count). The smallest absolute Gasteiger partial charge is 0.126 e. The van der Waals surface area contributed by atoms with Gasteiger partial charge in [0.1, 0.15) is 5.82 Å². The Balaban J connectivity index is 1.56. The van der Waals surface area contributed by atoms with E-state index in [0.717, 1.165) is 29.8 Å². The molecule has 108 valence electrons. The summed E-state index contributed by atoms with van der Waals surface area (Å²) in [4.78, 5) is 7.89. The molecule has 2 heterocycles. The number of para-hydroxylation sites is 1. The van der Waals surface area contributed by atoms with Crippen LogP contribution in [0, 0.1) is 0 Å². The zero-order valence-corrected chi connectivity index (χ0v) is 12.2. The van der Waals surface area contributed by atoms with Gasteiger partial charge in [0.15, 0.2) is 0 Å². The molecule has 22 heavy (non-hydrogen) atoms. The predicted molar refractivity (Wildman–Crippen MR) is 92.2 cm³/mol. The van der Waals surface area contributed by atoms with Crippen LogP contribution in [0.15, 0.2) is 66.9 Å². The summed E-state index contributed by atoms with van der Waals surface area (Å²) in [6.45, 7) is 0.880. The normalized spacial score (nSPS) is 11.1. The minimum absolute atomic E-state index is 0.880. The van der Waals surface area contributed by atoms with Gasteiger partial charge in [-0.05, 0) is 24.1 Å². The molecule has 0 aliphatic rings. The lowest BCUT2D eigenvalue weighted by Crippen LogP contribution is -2.05. The second-order valence-electron chi connectivity index (χ2n) is 5.45. The first-order chi connectivity index (χ1) is 10.9. The summed E-state index contributed by atoms with van der Waals surface area (Å²) < 4.78 is 0. The van der Waals surface area contributed by atoms with E-state index in [4.69, 9.17) is 0 Å². The van der Waals surface area contributed by atoms with Gasteiger partial charge in [0.2, 0.25) is 0 Å². The fraction of sp³-hybridized carbons (Fsp3) is 0.105. The van der Waals surface area contributed by atoms with Crippen LogP contribution in [0.25, 0.3) is 21.8 Å². The maximum atomic E-state index is 4.49. The minimum atomic E-state index is 0.880. The largest absolute Gasteiger partial charge is 0.370 e.